The average Bonchev–Trinajstić information content (AvgIpc) is 2.93. The van der Waals surface area contributed by atoms with E-state index in [-0.39, 0.29) is 6.79 Å². The minimum Gasteiger partial charge on any atom is -0.507 e. The molecule has 0 amide bonds. The molecular formula is C16H16ClNO3. The van der Waals surface area contributed by atoms with Gasteiger partial charge in [-0.15, -0.1) is 0 Å². The molecule has 0 unspecified atom stereocenters. The summed E-state index contributed by atoms with van der Waals surface area (Å²) in [5.74, 6) is 1.59. The van der Waals surface area contributed by atoms with E-state index in [4.69, 9.17) is 21.1 Å². The van der Waals surface area contributed by atoms with Gasteiger partial charge in [-0.2, -0.15) is 0 Å². The maximum Gasteiger partial charge on any atom is 0.231 e. The van der Waals surface area contributed by atoms with Crippen LogP contribution in [0, 0.1) is 13.8 Å². The molecule has 5 heteroatoms. The summed E-state index contributed by atoms with van der Waals surface area (Å²) in [5, 5.41) is 13.8. The molecule has 1 aliphatic rings. The van der Waals surface area contributed by atoms with Crippen LogP contribution in [-0.2, 0) is 6.54 Å². The van der Waals surface area contributed by atoms with Crippen LogP contribution >= 0.6 is 11.6 Å². The zero-order valence-corrected chi connectivity index (χ0v) is 12.6. The number of phenols is 1. The van der Waals surface area contributed by atoms with E-state index >= 15 is 0 Å². The predicted molar refractivity (Wildman–Crippen MR) is 82.5 cm³/mol. The molecule has 0 saturated carbocycles. The molecule has 1 aliphatic heterocycles. The number of hydrogen-bond acceptors (Lipinski definition) is 4. The Balaban J connectivity index is 1.80. The third-order valence-electron chi connectivity index (χ3n) is 3.60. The molecule has 0 radical (unpaired) electrons. The van der Waals surface area contributed by atoms with Gasteiger partial charge in [0, 0.05) is 17.8 Å². The third kappa shape index (κ3) is 2.59. The maximum atomic E-state index is 9.96. The first-order valence-corrected chi connectivity index (χ1v) is 7.05. The molecule has 2 aromatic carbocycles. The maximum absolute atomic E-state index is 9.96. The van der Waals surface area contributed by atoms with Crippen molar-refractivity contribution in [3.63, 3.8) is 0 Å². The van der Waals surface area contributed by atoms with E-state index in [2.05, 4.69) is 5.32 Å². The van der Waals surface area contributed by atoms with Gasteiger partial charge >= 0.3 is 0 Å². The largest absolute Gasteiger partial charge is 0.507 e. The average molecular weight is 306 g/mol. The molecule has 0 saturated heterocycles. The van der Waals surface area contributed by atoms with Crippen LogP contribution in [0.4, 0.5) is 5.69 Å². The van der Waals surface area contributed by atoms with Gasteiger partial charge in [-0.1, -0.05) is 17.7 Å². The highest BCUT2D eigenvalue weighted by Gasteiger charge is 2.18. The van der Waals surface area contributed by atoms with Gasteiger partial charge in [0.25, 0.3) is 0 Å². The van der Waals surface area contributed by atoms with Crippen LogP contribution in [0.5, 0.6) is 17.2 Å². The summed E-state index contributed by atoms with van der Waals surface area (Å²) >= 11 is 6.16. The lowest BCUT2D eigenvalue weighted by Gasteiger charge is -2.13. The lowest BCUT2D eigenvalue weighted by Crippen LogP contribution is -2.01. The first kappa shape index (κ1) is 13.9. The second-order valence-electron chi connectivity index (χ2n) is 5.07. The van der Waals surface area contributed by atoms with E-state index in [1.807, 2.05) is 38.1 Å². The highest BCUT2D eigenvalue weighted by atomic mass is 35.5. The number of phenolic OH excluding ortho intramolecular Hbond substituents is 1. The fourth-order valence-electron chi connectivity index (χ4n) is 2.35. The summed E-state index contributed by atoms with van der Waals surface area (Å²) in [7, 11) is 0. The lowest BCUT2D eigenvalue weighted by atomic mass is 10.1. The Kier molecular flexibility index (Phi) is 3.55. The monoisotopic (exact) mass is 305 g/mol. The Morgan fingerprint density at radius 2 is 2.05 bits per heavy atom. The predicted octanol–water partition coefficient (Wildman–Crippen LogP) is 4.00. The summed E-state index contributed by atoms with van der Waals surface area (Å²) in [6.07, 6.45) is 0. The number of benzene rings is 2. The minimum absolute atomic E-state index is 0.205. The van der Waals surface area contributed by atoms with Crippen molar-refractivity contribution >= 4 is 17.3 Å². The quantitative estimate of drug-likeness (QED) is 0.900. The van der Waals surface area contributed by atoms with Crippen LogP contribution in [0.2, 0.25) is 5.02 Å². The van der Waals surface area contributed by atoms with Gasteiger partial charge in [0.1, 0.15) is 5.75 Å². The Bertz CT molecular complexity index is 700. The van der Waals surface area contributed by atoms with Gasteiger partial charge in [-0.25, -0.2) is 0 Å². The highest BCUT2D eigenvalue weighted by Crippen LogP contribution is 2.40. The Hall–Kier alpha value is -2.07. The van der Waals surface area contributed by atoms with Crippen LogP contribution in [0.15, 0.2) is 24.3 Å². The zero-order valence-electron chi connectivity index (χ0n) is 11.9. The summed E-state index contributed by atoms with van der Waals surface area (Å²) < 4.78 is 10.6. The first-order valence-electron chi connectivity index (χ1n) is 6.67. The smallest absolute Gasteiger partial charge is 0.231 e. The van der Waals surface area contributed by atoms with Crippen LogP contribution in [0.3, 0.4) is 0 Å². The van der Waals surface area contributed by atoms with Crippen LogP contribution in [-0.4, -0.2) is 11.9 Å². The number of aryl methyl sites for hydroxylation is 1. The second-order valence-corrected chi connectivity index (χ2v) is 5.48. The van der Waals surface area contributed by atoms with Crippen molar-refractivity contribution in [1.29, 1.82) is 0 Å². The van der Waals surface area contributed by atoms with E-state index in [0.29, 0.717) is 28.8 Å². The van der Waals surface area contributed by atoms with E-state index in [0.717, 1.165) is 22.4 Å². The van der Waals surface area contributed by atoms with E-state index in [1.165, 1.54) is 0 Å². The van der Waals surface area contributed by atoms with E-state index in [9.17, 15) is 5.11 Å². The molecule has 0 spiro atoms. The molecule has 2 N–H and O–H groups in total. The minimum atomic E-state index is 0.205. The molecule has 0 aromatic heterocycles. The molecule has 0 fully saturated rings. The van der Waals surface area contributed by atoms with Gasteiger partial charge in [0.05, 0.1) is 5.02 Å². The van der Waals surface area contributed by atoms with E-state index in [1.54, 1.807) is 0 Å². The molecule has 0 aliphatic carbocycles. The Morgan fingerprint density at radius 1 is 1.24 bits per heavy atom. The summed E-state index contributed by atoms with van der Waals surface area (Å²) in [4.78, 5) is 0. The topological polar surface area (TPSA) is 50.7 Å². The molecule has 3 rings (SSSR count). The number of halogens is 1. The molecule has 110 valence electrons. The normalized spacial score (nSPS) is 12.5. The molecule has 0 bridgehead atoms. The molecule has 4 nitrogen and oxygen atoms in total. The molecule has 0 atom stereocenters. The SMILES string of the molecule is Cc1ccc(NCc2cc(Cl)c3c(c2)OCO3)c(C)c1O. The fourth-order valence-corrected chi connectivity index (χ4v) is 2.64. The number of nitrogens with one attached hydrogen (secondary N) is 1. The van der Waals surface area contributed by atoms with Gasteiger partial charge in [0.2, 0.25) is 6.79 Å². The zero-order chi connectivity index (χ0) is 15.0. The number of anilines is 1. The van der Waals surface area contributed by atoms with Crippen LogP contribution < -0.4 is 14.8 Å². The fraction of sp³-hybridized carbons (Fsp3) is 0.250. The van der Waals surface area contributed by atoms with Crippen molar-refractivity contribution in [3.8, 4) is 17.2 Å². The van der Waals surface area contributed by atoms with Crippen molar-refractivity contribution in [3.05, 3.63) is 46.0 Å². The molecule has 2 aromatic rings. The number of fused-ring (bicyclic) bond motifs is 1. The second kappa shape index (κ2) is 5.37. The summed E-state index contributed by atoms with van der Waals surface area (Å²) in [6.45, 7) is 4.55. The summed E-state index contributed by atoms with van der Waals surface area (Å²) in [5.41, 5.74) is 3.58. The van der Waals surface area contributed by atoms with Crippen molar-refractivity contribution in [2.45, 2.75) is 20.4 Å². The van der Waals surface area contributed by atoms with Crippen LogP contribution in [0.1, 0.15) is 16.7 Å². The molecule has 1 heterocycles. The van der Waals surface area contributed by atoms with Crippen LogP contribution in [0.25, 0.3) is 0 Å². The van der Waals surface area contributed by atoms with Crippen molar-refractivity contribution < 1.29 is 14.6 Å². The van der Waals surface area contributed by atoms with Crippen molar-refractivity contribution in [2.24, 2.45) is 0 Å². The Morgan fingerprint density at radius 3 is 2.86 bits per heavy atom. The standard InChI is InChI=1S/C16H16ClNO3/c1-9-3-4-13(10(2)15(9)19)18-7-11-5-12(17)16-14(6-11)20-8-21-16/h3-6,18-19H,7-8H2,1-2H3. The first-order chi connectivity index (χ1) is 10.1. The van der Waals surface area contributed by atoms with Gasteiger partial charge in [0.15, 0.2) is 11.5 Å². The van der Waals surface area contributed by atoms with Gasteiger partial charge in [-0.3, -0.25) is 0 Å². The van der Waals surface area contributed by atoms with Crippen molar-refractivity contribution in [1.82, 2.24) is 0 Å². The number of rotatable bonds is 3. The Labute approximate surface area is 128 Å². The van der Waals surface area contributed by atoms with Gasteiger partial charge in [-0.05, 0) is 43.2 Å². The lowest BCUT2D eigenvalue weighted by molar-refractivity contribution is 0.174. The third-order valence-corrected chi connectivity index (χ3v) is 3.88. The number of ether oxygens (including phenoxy) is 2. The number of hydrogen-bond donors (Lipinski definition) is 2. The highest BCUT2D eigenvalue weighted by molar-refractivity contribution is 6.32. The molecule has 21 heavy (non-hydrogen) atoms. The summed E-state index contributed by atoms with van der Waals surface area (Å²) in [6, 6.07) is 7.60. The number of aromatic hydroxyl groups is 1. The van der Waals surface area contributed by atoms with E-state index < -0.39 is 0 Å². The molecular weight excluding hydrogens is 290 g/mol. The van der Waals surface area contributed by atoms with Gasteiger partial charge < -0.3 is 19.9 Å². The van der Waals surface area contributed by atoms with Crippen molar-refractivity contribution in [2.75, 3.05) is 12.1 Å².